The highest BCUT2D eigenvalue weighted by Gasteiger charge is 2.27. The summed E-state index contributed by atoms with van der Waals surface area (Å²) in [5.41, 5.74) is 1.08. The van der Waals surface area contributed by atoms with E-state index in [-0.39, 0.29) is 17.8 Å². The molecule has 1 aromatic carbocycles. The number of carbonyl (C=O) groups excluding carboxylic acids is 1. The van der Waals surface area contributed by atoms with Crippen LogP contribution in [-0.2, 0) is 4.79 Å². The zero-order chi connectivity index (χ0) is 13.7. The average molecular weight is 262 g/mol. The molecule has 102 valence electrons. The molecule has 1 amide bonds. The molecule has 1 unspecified atom stereocenters. The van der Waals surface area contributed by atoms with Crippen LogP contribution < -0.4 is 5.32 Å². The van der Waals surface area contributed by atoms with Gasteiger partial charge in [0.25, 0.3) is 0 Å². The predicted molar refractivity (Wildman–Crippen MR) is 73.2 cm³/mol. The molecule has 19 heavy (non-hydrogen) atoms. The second-order valence-electron chi connectivity index (χ2n) is 4.77. The number of rotatable bonds is 5. The smallest absolute Gasteiger partial charge is 0.234 e. The van der Waals surface area contributed by atoms with Crippen LogP contribution in [0.25, 0.3) is 0 Å². The van der Waals surface area contributed by atoms with Gasteiger partial charge < -0.3 is 5.32 Å². The summed E-state index contributed by atoms with van der Waals surface area (Å²) in [6.45, 7) is 5.36. The number of carbonyl (C=O) groups is 1. The van der Waals surface area contributed by atoms with E-state index in [1.807, 2.05) is 0 Å². The first-order chi connectivity index (χ1) is 9.20. The summed E-state index contributed by atoms with van der Waals surface area (Å²) in [7, 11) is 0. The molecule has 0 bridgehead atoms. The van der Waals surface area contributed by atoms with E-state index in [0.29, 0.717) is 13.1 Å². The molecular formula is C15H19FN2O. The molecule has 1 saturated heterocycles. The fourth-order valence-electron chi connectivity index (χ4n) is 2.50. The molecule has 0 radical (unpaired) electrons. The van der Waals surface area contributed by atoms with Crippen LogP contribution in [0.3, 0.4) is 0 Å². The van der Waals surface area contributed by atoms with Crippen molar-refractivity contribution < 1.29 is 9.18 Å². The number of benzene rings is 1. The lowest BCUT2D eigenvalue weighted by Gasteiger charge is -2.24. The minimum absolute atomic E-state index is 0.00825. The van der Waals surface area contributed by atoms with Crippen LogP contribution in [0.15, 0.2) is 36.9 Å². The molecule has 1 atom stereocenters. The Morgan fingerprint density at radius 3 is 2.89 bits per heavy atom. The van der Waals surface area contributed by atoms with Crippen molar-refractivity contribution in [3.05, 3.63) is 48.3 Å². The van der Waals surface area contributed by atoms with Crippen LogP contribution in [0.5, 0.6) is 0 Å². The van der Waals surface area contributed by atoms with Crippen LogP contribution in [0.2, 0.25) is 0 Å². The summed E-state index contributed by atoms with van der Waals surface area (Å²) in [4.78, 5) is 13.9. The lowest BCUT2D eigenvalue weighted by atomic mass is 10.0. The van der Waals surface area contributed by atoms with Crippen molar-refractivity contribution >= 4 is 5.91 Å². The Morgan fingerprint density at radius 1 is 1.47 bits per heavy atom. The number of likely N-dealkylation sites (tertiary alicyclic amines) is 1. The molecule has 1 aliphatic rings. The number of amides is 1. The largest absolute Gasteiger partial charge is 0.352 e. The van der Waals surface area contributed by atoms with Crippen molar-refractivity contribution in [2.75, 3.05) is 19.6 Å². The van der Waals surface area contributed by atoms with Gasteiger partial charge in [-0.25, -0.2) is 4.39 Å². The van der Waals surface area contributed by atoms with E-state index in [9.17, 15) is 9.18 Å². The summed E-state index contributed by atoms with van der Waals surface area (Å²) in [5, 5.41) is 2.78. The minimum atomic E-state index is -0.225. The quantitative estimate of drug-likeness (QED) is 0.826. The molecule has 3 nitrogen and oxygen atoms in total. The summed E-state index contributed by atoms with van der Waals surface area (Å²) < 4.78 is 12.9. The number of hydrogen-bond acceptors (Lipinski definition) is 2. The van der Waals surface area contributed by atoms with Gasteiger partial charge in [-0.3, -0.25) is 9.69 Å². The summed E-state index contributed by atoms with van der Waals surface area (Å²) in [6, 6.07) is 6.78. The molecule has 0 spiro atoms. The van der Waals surface area contributed by atoms with Gasteiger partial charge >= 0.3 is 0 Å². The first kappa shape index (κ1) is 13.7. The Morgan fingerprint density at radius 2 is 2.21 bits per heavy atom. The van der Waals surface area contributed by atoms with Gasteiger partial charge in [0.1, 0.15) is 5.82 Å². The number of nitrogens with one attached hydrogen (secondary N) is 1. The monoisotopic (exact) mass is 262 g/mol. The Kier molecular flexibility index (Phi) is 4.68. The Bertz CT molecular complexity index is 444. The zero-order valence-corrected chi connectivity index (χ0v) is 10.9. The van der Waals surface area contributed by atoms with Crippen LogP contribution in [0.4, 0.5) is 4.39 Å². The third-order valence-corrected chi connectivity index (χ3v) is 3.41. The molecule has 4 heteroatoms. The van der Waals surface area contributed by atoms with E-state index in [4.69, 9.17) is 0 Å². The lowest BCUT2D eigenvalue weighted by Crippen LogP contribution is -2.36. The van der Waals surface area contributed by atoms with Crippen LogP contribution in [-0.4, -0.2) is 30.4 Å². The van der Waals surface area contributed by atoms with Crippen LogP contribution in [0, 0.1) is 5.82 Å². The van der Waals surface area contributed by atoms with Crippen molar-refractivity contribution in [2.45, 2.75) is 18.9 Å². The molecule has 1 fully saturated rings. The lowest BCUT2D eigenvalue weighted by molar-refractivity contribution is -0.122. The summed E-state index contributed by atoms with van der Waals surface area (Å²) in [6.07, 6.45) is 3.75. The van der Waals surface area contributed by atoms with E-state index in [1.165, 1.54) is 12.1 Å². The zero-order valence-electron chi connectivity index (χ0n) is 10.9. The number of nitrogens with zero attached hydrogens (tertiary/aromatic N) is 1. The van der Waals surface area contributed by atoms with Crippen molar-refractivity contribution in [2.24, 2.45) is 0 Å². The molecule has 1 aliphatic heterocycles. The number of halogens is 1. The molecule has 0 aromatic heterocycles. The van der Waals surface area contributed by atoms with Gasteiger partial charge in [0.15, 0.2) is 0 Å². The molecule has 1 heterocycles. The predicted octanol–water partition coefficient (Wildman–Crippen LogP) is 2.26. The van der Waals surface area contributed by atoms with Crippen molar-refractivity contribution in [3.8, 4) is 0 Å². The summed E-state index contributed by atoms with van der Waals surface area (Å²) in [5.74, 6) is -0.217. The average Bonchev–Trinajstić information content (AvgIpc) is 2.85. The van der Waals surface area contributed by atoms with Gasteiger partial charge in [0.2, 0.25) is 5.91 Å². The Labute approximate surface area is 113 Å². The highest BCUT2D eigenvalue weighted by Crippen LogP contribution is 2.31. The third kappa shape index (κ3) is 3.64. The molecule has 0 saturated carbocycles. The van der Waals surface area contributed by atoms with E-state index in [2.05, 4.69) is 16.8 Å². The molecule has 1 aromatic rings. The highest BCUT2D eigenvalue weighted by atomic mass is 19.1. The van der Waals surface area contributed by atoms with Gasteiger partial charge in [-0.2, -0.15) is 0 Å². The van der Waals surface area contributed by atoms with Gasteiger partial charge in [-0.1, -0.05) is 18.2 Å². The van der Waals surface area contributed by atoms with Crippen molar-refractivity contribution in [1.29, 1.82) is 0 Å². The Hall–Kier alpha value is -1.68. The molecule has 2 rings (SSSR count). The fourth-order valence-corrected chi connectivity index (χ4v) is 2.50. The first-order valence-electron chi connectivity index (χ1n) is 6.58. The maximum Gasteiger partial charge on any atom is 0.234 e. The van der Waals surface area contributed by atoms with E-state index in [0.717, 1.165) is 24.9 Å². The van der Waals surface area contributed by atoms with Crippen LogP contribution >= 0.6 is 0 Å². The molecule has 0 aliphatic carbocycles. The standard InChI is InChI=1S/C15H19FN2O/c1-2-9-17-15(19)11-18-10-3-4-14(18)12-5-7-13(16)8-6-12/h2,5-8,14H,1,3-4,9-11H2,(H,17,19). The van der Waals surface area contributed by atoms with Gasteiger partial charge in [0, 0.05) is 12.6 Å². The second-order valence-corrected chi connectivity index (χ2v) is 4.77. The van der Waals surface area contributed by atoms with Crippen molar-refractivity contribution in [3.63, 3.8) is 0 Å². The Balaban J connectivity index is 1.98. The highest BCUT2D eigenvalue weighted by molar-refractivity contribution is 5.78. The first-order valence-corrected chi connectivity index (χ1v) is 6.58. The van der Waals surface area contributed by atoms with Gasteiger partial charge in [-0.05, 0) is 37.1 Å². The fraction of sp³-hybridized carbons (Fsp3) is 0.400. The van der Waals surface area contributed by atoms with Crippen molar-refractivity contribution in [1.82, 2.24) is 10.2 Å². The maximum absolute atomic E-state index is 12.9. The van der Waals surface area contributed by atoms with Crippen LogP contribution in [0.1, 0.15) is 24.4 Å². The SMILES string of the molecule is C=CCNC(=O)CN1CCCC1c1ccc(F)cc1. The normalized spacial score (nSPS) is 19.3. The van der Waals surface area contributed by atoms with E-state index < -0.39 is 0 Å². The third-order valence-electron chi connectivity index (χ3n) is 3.41. The second kappa shape index (κ2) is 6.48. The minimum Gasteiger partial charge on any atom is -0.352 e. The van der Waals surface area contributed by atoms with E-state index >= 15 is 0 Å². The van der Waals surface area contributed by atoms with E-state index in [1.54, 1.807) is 18.2 Å². The topological polar surface area (TPSA) is 32.3 Å². The molecular weight excluding hydrogens is 243 g/mol. The number of hydrogen-bond donors (Lipinski definition) is 1. The van der Waals surface area contributed by atoms with Gasteiger partial charge in [0.05, 0.1) is 6.54 Å². The molecule has 1 N–H and O–H groups in total. The maximum atomic E-state index is 12.9. The summed E-state index contributed by atoms with van der Waals surface area (Å²) >= 11 is 0. The van der Waals surface area contributed by atoms with Gasteiger partial charge in [-0.15, -0.1) is 6.58 Å².